The second kappa shape index (κ2) is 13.5. The molecule has 50 heavy (non-hydrogen) atoms. The number of halogens is 1. The topological polar surface area (TPSA) is 130 Å². The number of ether oxygens (including phenoxy) is 1. The van der Waals surface area contributed by atoms with E-state index in [0.717, 1.165) is 77.5 Å². The monoisotopic (exact) mass is 692 g/mol. The Morgan fingerprint density at radius 2 is 1.90 bits per heavy atom. The van der Waals surface area contributed by atoms with Gasteiger partial charge in [-0.1, -0.05) is 35.9 Å². The number of H-pyrrole nitrogens is 1. The lowest BCUT2D eigenvalue weighted by atomic mass is 9.95. The van der Waals surface area contributed by atoms with E-state index in [1.165, 1.54) is 18.9 Å². The zero-order chi connectivity index (χ0) is 34.2. The predicted octanol–water partition coefficient (Wildman–Crippen LogP) is 4.92. The first-order valence-corrected chi connectivity index (χ1v) is 18.0. The van der Waals surface area contributed by atoms with Gasteiger partial charge >= 0.3 is 6.01 Å². The standard InChI is InChI=1S/C37H41ClN10O2/c1-25-40-32(44-43-25)10-11-33(49)48-21-20-46(22-27(48)12-16-39)35-28-13-19-45(31-9-3-7-26-6-2-8-29(38)34(26)31)23-30(28)41-36(42-35)50-24-37-14-4-17-47(37)18-5-15-37/h2-3,6-11,27H,4-5,12-15,17-24H2,1H3,(H,40,43,44)/b11-10+/t27-/m0/s1. The van der Waals surface area contributed by atoms with Crippen LogP contribution in [-0.2, 0) is 17.8 Å². The number of hydrogen-bond acceptors (Lipinski definition) is 10. The molecular weight excluding hydrogens is 652 g/mol. The minimum atomic E-state index is -0.308. The van der Waals surface area contributed by atoms with Gasteiger partial charge in [0.25, 0.3) is 0 Å². The van der Waals surface area contributed by atoms with Crippen LogP contribution < -0.4 is 14.5 Å². The molecule has 12 nitrogen and oxygen atoms in total. The molecule has 1 N–H and O–H groups in total. The van der Waals surface area contributed by atoms with E-state index in [9.17, 15) is 10.1 Å². The molecule has 3 fully saturated rings. The fourth-order valence-electron chi connectivity index (χ4n) is 8.41. The molecule has 258 valence electrons. The van der Waals surface area contributed by atoms with Crippen LogP contribution in [0.5, 0.6) is 6.01 Å². The number of fused-ring (bicyclic) bond motifs is 3. The van der Waals surface area contributed by atoms with Gasteiger partial charge in [-0.25, -0.2) is 4.98 Å². The van der Waals surface area contributed by atoms with Crippen molar-refractivity contribution in [3.05, 3.63) is 70.4 Å². The van der Waals surface area contributed by atoms with Crippen molar-refractivity contribution in [3.63, 3.8) is 0 Å². The Hall–Kier alpha value is -4.73. The lowest BCUT2D eigenvalue weighted by Crippen LogP contribution is -2.55. The number of rotatable bonds is 8. The molecule has 0 aliphatic carbocycles. The minimum absolute atomic E-state index is 0.0622. The summed E-state index contributed by atoms with van der Waals surface area (Å²) in [5.41, 5.74) is 3.18. The molecule has 0 saturated carbocycles. The number of carbonyl (C=O) groups is 1. The Morgan fingerprint density at radius 1 is 1.08 bits per heavy atom. The van der Waals surface area contributed by atoms with Crippen LogP contribution in [0.2, 0.25) is 5.02 Å². The van der Waals surface area contributed by atoms with Gasteiger partial charge in [0, 0.05) is 48.9 Å². The Balaban J connectivity index is 1.09. The third kappa shape index (κ3) is 6.13. The van der Waals surface area contributed by atoms with Gasteiger partial charge in [-0.05, 0) is 75.7 Å². The molecule has 0 radical (unpaired) electrons. The van der Waals surface area contributed by atoms with Gasteiger partial charge in [-0.15, -0.1) is 0 Å². The predicted molar refractivity (Wildman–Crippen MR) is 192 cm³/mol. The summed E-state index contributed by atoms with van der Waals surface area (Å²) in [6.45, 7) is 7.51. The number of amides is 1. The lowest BCUT2D eigenvalue weighted by Gasteiger charge is -2.42. The highest BCUT2D eigenvalue weighted by Gasteiger charge is 2.45. The van der Waals surface area contributed by atoms with Crippen molar-refractivity contribution in [1.29, 1.82) is 5.26 Å². The molecule has 1 amide bonds. The number of hydrogen-bond donors (Lipinski definition) is 1. The van der Waals surface area contributed by atoms with E-state index in [1.807, 2.05) is 19.1 Å². The van der Waals surface area contributed by atoms with Crippen molar-refractivity contribution in [2.45, 2.75) is 63.6 Å². The molecule has 6 heterocycles. The van der Waals surface area contributed by atoms with Gasteiger partial charge < -0.3 is 19.4 Å². The second-order valence-corrected chi connectivity index (χ2v) is 14.3. The molecule has 0 unspecified atom stereocenters. The number of anilines is 2. The van der Waals surface area contributed by atoms with Crippen molar-refractivity contribution in [2.24, 2.45) is 0 Å². The number of carbonyl (C=O) groups excluding carboxylic acids is 1. The summed E-state index contributed by atoms with van der Waals surface area (Å²) in [5.74, 6) is 1.80. The van der Waals surface area contributed by atoms with E-state index in [1.54, 1.807) is 11.0 Å². The smallest absolute Gasteiger partial charge is 0.318 e. The van der Waals surface area contributed by atoms with Crippen molar-refractivity contribution in [2.75, 3.05) is 55.7 Å². The highest BCUT2D eigenvalue weighted by atomic mass is 35.5. The number of aryl methyl sites for hydroxylation is 1. The second-order valence-electron chi connectivity index (χ2n) is 13.9. The first kappa shape index (κ1) is 32.5. The maximum Gasteiger partial charge on any atom is 0.318 e. The van der Waals surface area contributed by atoms with Crippen LogP contribution in [0.1, 0.15) is 55.0 Å². The van der Waals surface area contributed by atoms with E-state index in [-0.39, 0.29) is 23.9 Å². The third-order valence-electron chi connectivity index (χ3n) is 10.9. The molecular formula is C37H41ClN10O2. The fraction of sp³-hybridized carbons (Fsp3) is 0.459. The fourth-order valence-corrected chi connectivity index (χ4v) is 8.69. The van der Waals surface area contributed by atoms with Crippen LogP contribution in [-0.4, -0.2) is 98.3 Å². The molecule has 2 aromatic heterocycles. The summed E-state index contributed by atoms with van der Waals surface area (Å²) in [5, 5.41) is 19.6. The van der Waals surface area contributed by atoms with Gasteiger partial charge in [0.1, 0.15) is 18.2 Å². The van der Waals surface area contributed by atoms with Gasteiger partial charge in [-0.3, -0.25) is 14.8 Å². The number of aromatic nitrogens is 5. The highest BCUT2D eigenvalue weighted by molar-refractivity contribution is 6.36. The number of piperazine rings is 1. The lowest BCUT2D eigenvalue weighted by molar-refractivity contribution is -0.128. The summed E-state index contributed by atoms with van der Waals surface area (Å²) in [6.07, 6.45) is 8.70. The molecule has 4 aliphatic heterocycles. The summed E-state index contributed by atoms with van der Waals surface area (Å²) in [4.78, 5) is 36.7. The molecule has 13 heteroatoms. The average Bonchev–Trinajstić information content (AvgIpc) is 3.85. The zero-order valence-corrected chi connectivity index (χ0v) is 29.1. The van der Waals surface area contributed by atoms with Crippen molar-refractivity contribution >= 4 is 45.9 Å². The van der Waals surface area contributed by atoms with Crippen molar-refractivity contribution in [3.8, 4) is 12.1 Å². The quantitative estimate of drug-likeness (QED) is 0.254. The number of benzene rings is 2. The van der Waals surface area contributed by atoms with Crippen LogP contribution in [0, 0.1) is 18.3 Å². The van der Waals surface area contributed by atoms with Crippen LogP contribution in [0.3, 0.4) is 0 Å². The Bertz CT molecular complexity index is 1970. The Labute approximate surface area is 296 Å². The molecule has 3 saturated heterocycles. The van der Waals surface area contributed by atoms with E-state index >= 15 is 0 Å². The van der Waals surface area contributed by atoms with Crippen LogP contribution >= 0.6 is 11.6 Å². The van der Waals surface area contributed by atoms with Gasteiger partial charge in [0.2, 0.25) is 5.91 Å². The molecule has 8 rings (SSSR count). The number of nitrogens with one attached hydrogen (secondary N) is 1. The molecule has 1 atom stereocenters. The number of aromatic amines is 1. The van der Waals surface area contributed by atoms with E-state index < -0.39 is 0 Å². The first-order chi connectivity index (χ1) is 24.4. The summed E-state index contributed by atoms with van der Waals surface area (Å²) in [6, 6.07) is 14.7. The van der Waals surface area contributed by atoms with Crippen molar-refractivity contribution in [1.82, 2.24) is 34.9 Å². The van der Waals surface area contributed by atoms with Gasteiger partial charge in [0.05, 0.1) is 41.3 Å². The van der Waals surface area contributed by atoms with E-state index in [4.69, 9.17) is 26.3 Å². The number of nitriles is 1. The average molecular weight is 693 g/mol. The summed E-state index contributed by atoms with van der Waals surface area (Å²) in [7, 11) is 0. The van der Waals surface area contributed by atoms with Crippen LogP contribution in [0.15, 0.2) is 42.5 Å². The van der Waals surface area contributed by atoms with Gasteiger partial charge in [0.15, 0.2) is 5.82 Å². The largest absolute Gasteiger partial charge is 0.461 e. The Kier molecular flexibility index (Phi) is 8.79. The molecule has 4 aliphatic rings. The minimum Gasteiger partial charge on any atom is -0.461 e. The zero-order valence-electron chi connectivity index (χ0n) is 28.3. The Morgan fingerprint density at radius 3 is 2.68 bits per heavy atom. The summed E-state index contributed by atoms with van der Waals surface area (Å²) >= 11 is 6.76. The maximum absolute atomic E-state index is 13.4. The van der Waals surface area contributed by atoms with Crippen molar-refractivity contribution < 1.29 is 9.53 Å². The molecule has 0 bridgehead atoms. The van der Waals surface area contributed by atoms with E-state index in [2.05, 4.69) is 60.2 Å². The molecule has 0 spiro atoms. The molecule has 4 aromatic rings. The highest BCUT2D eigenvalue weighted by Crippen LogP contribution is 2.40. The SMILES string of the molecule is Cc1nc(/C=C/C(=O)N2CCN(c3nc(OCC45CCCN4CCC5)nc4c3CCN(c3cccc5cccc(Cl)c35)C4)C[C@@H]2CC#N)n[nH]1. The van der Waals surface area contributed by atoms with Crippen LogP contribution in [0.4, 0.5) is 11.5 Å². The van der Waals surface area contributed by atoms with E-state index in [0.29, 0.717) is 50.4 Å². The molecule has 2 aromatic carbocycles. The number of nitrogens with zero attached hydrogens (tertiary/aromatic N) is 9. The normalized spacial score (nSPS) is 20.3. The third-order valence-corrected chi connectivity index (χ3v) is 11.2. The van der Waals surface area contributed by atoms with Gasteiger partial charge in [-0.2, -0.15) is 20.3 Å². The summed E-state index contributed by atoms with van der Waals surface area (Å²) < 4.78 is 6.56. The maximum atomic E-state index is 13.4. The first-order valence-electron chi connectivity index (χ1n) is 17.6. The van der Waals surface area contributed by atoms with Crippen LogP contribution in [0.25, 0.3) is 16.8 Å².